The Hall–Kier alpha value is -3.59. The number of amides is 1. The van der Waals surface area contributed by atoms with Gasteiger partial charge in [-0.25, -0.2) is 22.5 Å². The van der Waals surface area contributed by atoms with Gasteiger partial charge >= 0.3 is 0 Å². The average molecular weight is 483 g/mol. The number of halogens is 1. The second-order valence-corrected chi connectivity index (χ2v) is 9.72. The normalized spacial score (nSPS) is 12.9. The molecule has 0 saturated carbocycles. The van der Waals surface area contributed by atoms with Gasteiger partial charge in [-0.15, -0.1) is 0 Å². The maximum absolute atomic E-state index is 13.3. The lowest BCUT2D eigenvalue weighted by Gasteiger charge is -2.20. The average Bonchev–Trinajstić information content (AvgIpc) is 3.23. The fraction of sp³-hybridized carbons (Fsp3) is 0.240. The van der Waals surface area contributed by atoms with Gasteiger partial charge in [0, 0.05) is 23.6 Å². The van der Waals surface area contributed by atoms with Crippen molar-refractivity contribution < 1.29 is 17.6 Å². The number of sulfone groups is 1. The minimum atomic E-state index is -3.48. The molecular weight excluding hydrogens is 455 g/mol. The summed E-state index contributed by atoms with van der Waals surface area (Å²) >= 11 is 0. The van der Waals surface area contributed by atoms with Crippen LogP contribution in [0.1, 0.15) is 49.6 Å². The summed E-state index contributed by atoms with van der Waals surface area (Å²) in [5, 5.41) is 7.36. The van der Waals surface area contributed by atoms with Crippen LogP contribution in [-0.2, 0) is 14.6 Å². The lowest BCUT2D eigenvalue weighted by Crippen LogP contribution is -2.29. The van der Waals surface area contributed by atoms with E-state index >= 15 is 0 Å². The first-order valence-electron chi connectivity index (χ1n) is 10.8. The zero-order valence-electron chi connectivity index (χ0n) is 19.3. The highest BCUT2D eigenvalue weighted by atomic mass is 32.2. The Balaban J connectivity index is 1.94. The molecule has 0 fully saturated rings. The standard InChI is InChI=1S/C25H27FN4O3S/c1-5-8-22(17-13-14-27-24(15-17)34(4,32)33)29-25(31)20(6-2)21-16-28-30(23(21)7-3)19-11-9-18(26)10-12-19/h6-7,9-16,22H,3,5,8H2,1-2,4H3,(H,29,31)/b20-6+. The van der Waals surface area contributed by atoms with Crippen molar-refractivity contribution in [2.24, 2.45) is 0 Å². The third-order valence-corrected chi connectivity index (χ3v) is 6.30. The van der Waals surface area contributed by atoms with E-state index in [0.717, 1.165) is 12.7 Å². The van der Waals surface area contributed by atoms with Gasteiger partial charge in [0.1, 0.15) is 5.82 Å². The number of hydrogen-bond acceptors (Lipinski definition) is 5. The summed E-state index contributed by atoms with van der Waals surface area (Å²) in [5.74, 6) is -0.692. The van der Waals surface area contributed by atoms with Crippen LogP contribution >= 0.6 is 0 Å². The SMILES string of the molecule is C=Cc1c(/C(=C\C)C(=O)NC(CCC)c2ccnc(S(C)(=O)=O)c2)cnn1-c1ccc(F)cc1. The third-order valence-electron chi connectivity index (χ3n) is 5.32. The number of pyridine rings is 1. The molecule has 7 nitrogen and oxygen atoms in total. The maximum Gasteiger partial charge on any atom is 0.252 e. The van der Waals surface area contributed by atoms with E-state index in [9.17, 15) is 17.6 Å². The fourth-order valence-corrected chi connectivity index (χ4v) is 4.25. The molecule has 34 heavy (non-hydrogen) atoms. The summed E-state index contributed by atoms with van der Waals surface area (Å²) in [6.45, 7) is 7.59. The van der Waals surface area contributed by atoms with Crippen molar-refractivity contribution in [1.29, 1.82) is 0 Å². The lowest BCUT2D eigenvalue weighted by atomic mass is 10.0. The van der Waals surface area contributed by atoms with Crippen LogP contribution in [-0.4, -0.2) is 35.3 Å². The summed E-state index contributed by atoms with van der Waals surface area (Å²) < 4.78 is 38.8. The highest BCUT2D eigenvalue weighted by Gasteiger charge is 2.22. The van der Waals surface area contributed by atoms with E-state index in [1.54, 1.807) is 48.2 Å². The Morgan fingerprint density at radius 1 is 1.26 bits per heavy atom. The smallest absolute Gasteiger partial charge is 0.252 e. The predicted molar refractivity (Wildman–Crippen MR) is 130 cm³/mol. The van der Waals surface area contributed by atoms with Gasteiger partial charge in [-0.3, -0.25) is 4.79 Å². The molecule has 2 heterocycles. The van der Waals surface area contributed by atoms with Crippen LogP contribution in [0.2, 0.25) is 0 Å². The van der Waals surface area contributed by atoms with E-state index in [1.165, 1.54) is 24.4 Å². The molecule has 0 aliphatic carbocycles. The Morgan fingerprint density at radius 3 is 2.56 bits per heavy atom. The minimum absolute atomic E-state index is 0.0406. The molecule has 9 heteroatoms. The van der Waals surface area contributed by atoms with Crippen molar-refractivity contribution in [3.8, 4) is 5.69 Å². The summed E-state index contributed by atoms with van der Waals surface area (Å²) in [6, 6.07) is 8.64. The predicted octanol–water partition coefficient (Wildman–Crippen LogP) is 4.51. The molecule has 1 N–H and O–H groups in total. The number of hydrogen-bond donors (Lipinski definition) is 1. The zero-order valence-corrected chi connectivity index (χ0v) is 20.1. The van der Waals surface area contributed by atoms with Gasteiger partial charge in [0.2, 0.25) is 0 Å². The minimum Gasteiger partial charge on any atom is -0.345 e. The highest BCUT2D eigenvalue weighted by Crippen LogP contribution is 2.26. The van der Waals surface area contributed by atoms with Crippen molar-refractivity contribution in [2.45, 2.75) is 37.8 Å². The van der Waals surface area contributed by atoms with Crippen LogP contribution in [0.25, 0.3) is 17.3 Å². The van der Waals surface area contributed by atoms with Crippen LogP contribution in [0.15, 0.2) is 66.5 Å². The van der Waals surface area contributed by atoms with Crippen LogP contribution < -0.4 is 5.32 Å². The summed E-state index contributed by atoms with van der Waals surface area (Å²) in [6.07, 6.45) is 8.75. The molecule has 0 aliphatic rings. The lowest BCUT2D eigenvalue weighted by molar-refractivity contribution is -0.116. The van der Waals surface area contributed by atoms with Crippen LogP contribution in [0.5, 0.6) is 0 Å². The number of allylic oxidation sites excluding steroid dienone is 1. The van der Waals surface area contributed by atoms with E-state index < -0.39 is 15.9 Å². The second-order valence-electron chi connectivity index (χ2n) is 7.75. The number of nitrogens with zero attached hydrogens (tertiary/aromatic N) is 3. The molecule has 2 aromatic heterocycles. The molecule has 1 unspecified atom stereocenters. The molecule has 0 radical (unpaired) electrons. The highest BCUT2D eigenvalue weighted by molar-refractivity contribution is 7.90. The molecule has 1 atom stereocenters. The van der Waals surface area contributed by atoms with E-state index in [-0.39, 0.29) is 16.8 Å². The zero-order chi connectivity index (χ0) is 24.9. The molecule has 3 rings (SSSR count). The molecule has 0 aliphatic heterocycles. The number of nitrogens with one attached hydrogen (secondary N) is 1. The Morgan fingerprint density at radius 2 is 1.97 bits per heavy atom. The molecular formula is C25H27FN4O3S. The summed E-state index contributed by atoms with van der Waals surface area (Å²) in [4.78, 5) is 17.3. The fourth-order valence-electron chi connectivity index (χ4n) is 3.65. The molecule has 1 amide bonds. The van der Waals surface area contributed by atoms with E-state index in [4.69, 9.17) is 0 Å². The number of carbonyl (C=O) groups excluding carboxylic acids is 1. The van der Waals surface area contributed by atoms with E-state index in [1.807, 2.05) is 6.92 Å². The van der Waals surface area contributed by atoms with Gasteiger partial charge in [-0.1, -0.05) is 26.0 Å². The number of benzene rings is 1. The topological polar surface area (TPSA) is 93.9 Å². The number of carbonyl (C=O) groups is 1. The summed E-state index contributed by atoms with van der Waals surface area (Å²) in [5.41, 5.74) is 2.84. The largest absolute Gasteiger partial charge is 0.345 e. The molecule has 0 saturated heterocycles. The molecule has 0 spiro atoms. The number of rotatable bonds is 9. The van der Waals surface area contributed by atoms with E-state index in [0.29, 0.717) is 34.5 Å². The third kappa shape index (κ3) is 5.48. The van der Waals surface area contributed by atoms with Crippen molar-refractivity contribution >= 4 is 27.4 Å². The van der Waals surface area contributed by atoms with Gasteiger partial charge in [-0.2, -0.15) is 5.10 Å². The van der Waals surface area contributed by atoms with Crippen LogP contribution in [0.4, 0.5) is 4.39 Å². The number of aromatic nitrogens is 3. The monoisotopic (exact) mass is 482 g/mol. The van der Waals surface area contributed by atoms with E-state index in [2.05, 4.69) is 22.0 Å². The first-order chi connectivity index (χ1) is 16.2. The van der Waals surface area contributed by atoms with Crippen molar-refractivity contribution in [3.63, 3.8) is 0 Å². The maximum atomic E-state index is 13.3. The Bertz CT molecular complexity index is 1330. The molecule has 3 aromatic rings. The van der Waals surface area contributed by atoms with Crippen LogP contribution in [0.3, 0.4) is 0 Å². The molecule has 1 aromatic carbocycles. The van der Waals surface area contributed by atoms with Gasteiger partial charge in [0.05, 0.1) is 23.6 Å². The Kier molecular flexibility index (Phi) is 7.78. The van der Waals surface area contributed by atoms with Crippen molar-refractivity contribution in [1.82, 2.24) is 20.1 Å². The van der Waals surface area contributed by atoms with Crippen molar-refractivity contribution in [2.75, 3.05) is 6.26 Å². The molecule has 178 valence electrons. The van der Waals surface area contributed by atoms with Gasteiger partial charge in [-0.05, 0) is 61.4 Å². The summed E-state index contributed by atoms with van der Waals surface area (Å²) in [7, 11) is -3.48. The van der Waals surface area contributed by atoms with Gasteiger partial charge < -0.3 is 5.32 Å². The first-order valence-corrected chi connectivity index (χ1v) is 12.7. The van der Waals surface area contributed by atoms with Crippen LogP contribution in [0, 0.1) is 5.82 Å². The van der Waals surface area contributed by atoms with Gasteiger partial charge in [0.15, 0.2) is 14.9 Å². The van der Waals surface area contributed by atoms with Gasteiger partial charge in [0.25, 0.3) is 5.91 Å². The Labute approximate surface area is 199 Å². The first kappa shape index (κ1) is 25.0. The molecule has 0 bridgehead atoms. The van der Waals surface area contributed by atoms with Crippen molar-refractivity contribution in [3.05, 3.63) is 84.1 Å². The quantitative estimate of drug-likeness (QED) is 0.453. The second kappa shape index (κ2) is 10.6.